The van der Waals surface area contributed by atoms with Gasteiger partial charge < -0.3 is 9.88 Å². The van der Waals surface area contributed by atoms with Crippen LogP contribution in [0.1, 0.15) is 49.7 Å². The molecule has 0 bridgehead atoms. The molecule has 2 aromatic rings. The summed E-state index contributed by atoms with van der Waals surface area (Å²) in [4.78, 5) is 16.9. The van der Waals surface area contributed by atoms with Crippen molar-refractivity contribution in [3.05, 3.63) is 30.1 Å². The Morgan fingerprint density at radius 3 is 2.91 bits per heavy atom. The van der Waals surface area contributed by atoms with E-state index >= 15 is 0 Å². The number of aryl methyl sites for hydroxylation is 1. The highest BCUT2D eigenvalue weighted by Gasteiger charge is 2.26. The van der Waals surface area contributed by atoms with Gasteiger partial charge in [0.25, 0.3) is 0 Å². The van der Waals surface area contributed by atoms with Gasteiger partial charge in [-0.15, -0.1) is 0 Å². The number of imidazole rings is 1. The molecule has 0 radical (unpaired) electrons. The quantitative estimate of drug-likeness (QED) is 0.947. The molecule has 1 fully saturated rings. The number of carbonyl (C=O) groups excluding carboxylic acids is 1. The summed E-state index contributed by atoms with van der Waals surface area (Å²) in [5.74, 6) is 1.16. The van der Waals surface area contributed by atoms with E-state index in [2.05, 4.69) is 20.0 Å². The van der Waals surface area contributed by atoms with Crippen LogP contribution in [0.4, 0.5) is 5.69 Å². The highest BCUT2D eigenvalue weighted by molar-refractivity contribution is 5.92. The zero-order valence-corrected chi connectivity index (χ0v) is 13.5. The molecule has 6 nitrogen and oxygen atoms in total. The van der Waals surface area contributed by atoms with Gasteiger partial charge in [-0.3, -0.25) is 9.48 Å². The number of anilines is 1. The number of hydrogen-bond donors (Lipinski definition) is 1. The van der Waals surface area contributed by atoms with Crippen molar-refractivity contribution in [1.29, 1.82) is 0 Å². The van der Waals surface area contributed by atoms with E-state index in [1.54, 1.807) is 6.20 Å². The van der Waals surface area contributed by atoms with Gasteiger partial charge in [0.15, 0.2) is 0 Å². The molecule has 122 valence electrons. The third-order valence-electron chi connectivity index (χ3n) is 5.23. The van der Waals surface area contributed by atoms with E-state index in [1.807, 2.05) is 24.0 Å². The van der Waals surface area contributed by atoms with Gasteiger partial charge in [0.1, 0.15) is 5.82 Å². The van der Waals surface area contributed by atoms with Gasteiger partial charge in [-0.2, -0.15) is 5.10 Å². The maximum absolute atomic E-state index is 12.5. The van der Waals surface area contributed by atoms with E-state index in [-0.39, 0.29) is 11.8 Å². The van der Waals surface area contributed by atoms with Gasteiger partial charge in [0.05, 0.1) is 17.9 Å². The highest BCUT2D eigenvalue weighted by Crippen LogP contribution is 2.29. The molecule has 0 saturated heterocycles. The molecule has 2 aliphatic rings. The van der Waals surface area contributed by atoms with Crippen molar-refractivity contribution in [2.75, 3.05) is 5.32 Å². The molecule has 0 aromatic carbocycles. The molecule has 4 rings (SSSR count). The number of amides is 1. The van der Waals surface area contributed by atoms with Crippen LogP contribution in [0.2, 0.25) is 0 Å². The fraction of sp³-hybridized carbons (Fsp3) is 0.588. The molecule has 23 heavy (non-hydrogen) atoms. The lowest BCUT2D eigenvalue weighted by Gasteiger charge is -2.23. The first kappa shape index (κ1) is 14.5. The van der Waals surface area contributed by atoms with Gasteiger partial charge in [0.2, 0.25) is 5.91 Å². The Labute approximate surface area is 135 Å². The highest BCUT2D eigenvalue weighted by atomic mass is 16.1. The molecular weight excluding hydrogens is 290 g/mol. The van der Waals surface area contributed by atoms with Gasteiger partial charge in [0, 0.05) is 37.0 Å². The molecule has 1 atom stereocenters. The van der Waals surface area contributed by atoms with E-state index in [4.69, 9.17) is 0 Å². The summed E-state index contributed by atoms with van der Waals surface area (Å²) in [6, 6.07) is 0.507. The second kappa shape index (κ2) is 5.83. The summed E-state index contributed by atoms with van der Waals surface area (Å²) in [5.41, 5.74) is 1.98. The summed E-state index contributed by atoms with van der Waals surface area (Å²) in [6.07, 6.45) is 12.2. The lowest BCUT2D eigenvalue weighted by atomic mass is 9.95. The standard InChI is InChI=1S/C17H23N5O/c1-12-18-10-16-8-13(6-7-21(12)16)17(23)20-14-9-19-22(11-14)15-4-2-3-5-15/h9-11,13,15H,2-8H2,1H3,(H,20,23)/t13-/m0/s1. The van der Waals surface area contributed by atoms with Crippen molar-refractivity contribution in [1.82, 2.24) is 19.3 Å². The molecule has 0 spiro atoms. The first-order chi connectivity index (χ1) is 11.2. The third kappa shape index (κ3) is 2.78. The monoisotopic (exact) mass is 313 g/mol. The molecule has 6 heteroatoms. The molecule has 0 unspecified atom stereocenters. The molecule has 1 aliphatic carbocycles. The second-order valence-electron chi connectivity index (χ2n) is 6.77. The van der Waals surface area contributed by atoms with Crippen LogP contribution in [0.5, 0.6) is 0 Å². The van der Waals surface area contributed by atoms with Crippen LogP contribution in [0.3, 0.4) is 0 Å². The minimum Gasteiger partial charge on any atom is -0.332 e. The summed E-state index contributed by atoms with van der Waals surface area (Å²) in [6.45, 7) is 2.89. The van der Waals surface area contributed by atoms with Crippen LogP contribution < -0.4 is 5.32 Å². The van der Waals surface area contributed by atoms with E-state index in [0.717, 1.165) is 36.6 Å². The van der Waals surface area contributed by atoms with Gasteiger partial charge in [-0.05, 0) is 26.2 Å². The van der Waals surface area contributed by atoms with Gasteiger partial charge >= 0.3 is 0 Å². The van der Waals surface area contributed by atoms with E-state index in [0.29, 0.717) is 6.04 Å². The summed E-state index contributed by atoms with van der Waals surface area (Å²) in [5, 5.41) is 7.46. The van der Waals surface area contributed by atoms with Crippen LogP contribution in [-0.2, 0) is 17.8 Å². The summed E-state index contributed by atoms with van der Waals surface area (Å²) >= 11 is 0. The van der Waals surface area contributed by atoms with Crippen molar-refractivity contribution >= 4 is 11.6 Å². The lowest BCUT2D eigenvalue weighted by Crippen LogP contribution is -2.30. The smallest absolute Gasteiger partial charge is 0.228 e. The van der Waals surface area contributed by atoms with Crippen LogP contribution in [0.25, 0.3) is 0 Å². The zero-order valence-electron chi connectivity index (χ0n) is 13.5. The first-order valence-electron chi connectivity index (χ1n) is 8.57. The van der Waals surface area contributed by atoms with E-state index < -0.39 is 0 Å². The minimum atomic E-state index is 0.0217. The number of hydrogen-bond acceptors (Lipinski definition) is 3. The molecule has 3 heterocycles. The lowest BCUT2D eigenvalue weighted by molar-refractivity contribution is -0.120. The average Bonchev–Trinajstić information content (AvgIpc) is 3.28. The zero-order chi connectivity index (χ0) is 15.8. The normalized spacial score (nSPS) is 21.3. The SMILES string of the molecule is Cc1ncc2n1CC[C@H](C(=O)Nc1cnn(C3CCCC3)c1)C2. The number of nitrogens with one attached hydrogen (secondary N) is 1. The third-order valence-corrected chi connectivity index (χ3v) is 5.23. The molecule has 1 N–H and O–H groups in total. The number of rotatable bonds is 3. The number of carbonyl (C=O) groups is 1. The van der Waals surface area contributed by atoms with Crippen molar-refractivity contribution in [2.45, 2.75) is 58.0 Å². The summed E-state index contributed by atoms with van der Waals surface area (Å²) < 4.78 is 4.23. The number of fused-ring (bicyclic) bond motifs is 1. The van der Waals surface area contributed by atoms with Crippen LogP contribution in [-0.4, -0.2) is 25.2 Å². The van der Waals surface area contributed by atoms with Crippen molar-refractivity contribution < 1.29 is 4.79 Å². The Hall–Kier alpha value is -2.11. The number of aromatic nitrogens is 4. The van der Waals surface area contributed by atoms with Crippen LogP contribution in [0.15, 0.2) is 18.6 Å². The maximum Gasteiger partial charge on any atom is 0.228 e. The molecule has 1 aliphatic heterocycles. The second-order valence-corrected chi connectivity index (χ2v) is 6.77. The Morgan fingerprint density at radius 1 is 1.26 bits per heavy atom. The first-order valence-corrected chi connectivity index (χ1v) is 8.57. The molecule has 1 amide bonds. The Kier molecular flexibility index (Phi) is 3.67. The Balaban J connectivity index is 1.40. The molecular formula is C17H23N5O. The summed E-state index contributed by atoms with van der Waals surface area (Å²) in [7, 11) is 0. The van der Waals surface area contributed by atoms with Gasteiger partial charge in [-0.25, -0.2) is 4.98 Å². The molecule has 1 saturated carbocycles. The fourth-order valence-electron chi connectivity index (χ4n) is 3.86. The minimum absolute atomic E-state index is 0.0217. The average molecular weight is 313 g/mol. The fourth-order valence-corrected chi connectivity index (χ4v) is 3.86. The predicted molar refractivity (Wildman–Crippen MR) is 87.1 cm³/mol. The van der Waals surface area contributed by atoms with Crippen molar-refractivity contribution in [3.8, 4) is 0 Å². The molecule has 2 aromatic heterocycles. The Bertz CT molecular complexity index is 710. The van der Waals surface area contributed by atoms with Crippen LogP contribution in [0, 0.1) is 12.8 Å². The largest absolute Gasteiger partial charge is 0.332 e. The van der Waals surface area contributed by atoms with Gasteiger partial charge in [-0.1, -0.05) is 12.8 Å². The topological polar surface area (TPSA) is 64.7 Å². The van der Waals surface area contributed by atoms with Crippen LogP contribution >= 0.6 is 0 Å². The van der Waals surface area contributed by atoms with Crippen molar-refractivity contribution in [3.63, 3.8) is 0 Å². The number of nitrogens with zero attached hydrogens (tertiary/aromatic N) is 4. The maximum atomic E-state index is 12.5. The Morgan fingerprint density at radius 2 is 2.09 bits per heavy atom. The predicted octanol–water partition coefficient (Wildman–Crippen LogP) is 2.70. The van der Waals surface area contributed by atoms with E-state index in [1.165, 1.54) is 25.7 Å². The van der Waals surface area contributed by atoms with Crippen molar-refractivity contribution in [2.24, 2.45) is 5.92 Å². The van der Waals surface area contributed by atoms with E-state index in [9.17, 15) is 4.79 Å².